The summed E-state index contributed by atoms with van der Waals surface area (Å²) in [5.41, 5.74) is 6.27. The highest BCUT2D eigenvalue weighted by Gasteiger charge is 2.20. The van der Waals surface area contributed by atoms with Crippen LogP contribution in [0.3, 0.4) is 0 Å². The third-order valence-corrected chi connectivity index (χ3v) is 5.00. The number of nitro groups is 1. The van der Waals surface area contributed by atoms with Gasteiger partial charge in [-0.25, -0.2) is 0 Å². The summed E-state index contributed by atoms with van der Waals surface area (Å²) < 4.78 is 0. The second-order valence-electron chi connectivity index (χ2n) is 5.47. The van der Waals surface area contributed by atoms with Crippen molar-refractivity contribution in [2.45, 2.75) is 25.7 Å². The fourth-order valence-electron chi connectivity index (χ4n) is 2.70. The number of benzene rings is 1. The van der Waals surface area contributed by atoms with Gasteiger partial charge in [-0.05, 0) is 37.3 Å². The first kappa shape index (κ1) is 16.1. The molecular formula is C16H15N3O4S. The van der Waals surface area contributed by atoms with E-state index in [2.05, 4.69) is 10.9 Å². The molecule has 2 amide bonds. The van der Waals surface area contributed by atoms with E-state index >= 15 is 0 Å². The number of hydrogen-bond donors (Lipinski definition) is 2. The molecule has 1 aromatic carbocycles. The van der Waals surface area contributed by atoms with Gasteiger partial charge in [0.25, 0.3) is 17.5 Å². The van der Waals surface area contributed by atoms with Gasteiger partial charge in [0.05, 0.1) is 10.5 Å². The van der Waals surface area contributed by atoms with Crippen molar-refractivity contribution in [3.8, 4) is 0 Å². The number of carbonyl (C=O) groups is 2. The maximum atomic E-state index is 12.3. The van der Waals surface area contributed by atoms with E-state index in [-0.39, 0.29) is 17.2 Å². The van der Waals surface area contributed by atoms with Gasteiger partial charge in [-0.15, -0.1) is 11.3 Å². The number of nitrogens with one attached hydrogen (secondary N) is 2. The fraction of sp³-hybridized carbons (Fsp3) is 0.250. The van der Waals surface area contributed by atoms with Gasteiger partial charge < -0.3 is 0 Å². The van der Waals surface area contributed by atoms with Crippen LogP contribution in [0.2, 0.25) is 0 Å². The Kier molecular flexibility index (Phi) is 4.57. The molecule has 1 aliphatic rings. The summed E-state index contributed by atoms with van der Waals surface area (Å²) in [6.45, 7) is 0. The van der Waals surface area contributed by atoms with Gasteiger partial charge in [-0.3, -0.25) is 30.6 Å². The number of nitrogens with zero attached hydrogens (tertiary/aromatic N) is 1. The summed E-state index contributed by atoms with van der Waals surface area (Å²) in [4.78, 5) is 35.7. The highest BCUT2D eigenvalue weighted by molar-refractivity contribution is 7.10. The van der Waals surface area contributed by atoms with Crippen LogP contribution in [-0.2, 0) is 12.8 Å². The summed E-state index contributed by atoms with van der Waals surface area (Å²) in [6, 6.07) is 5.33. The van der Waals surface area contributed by atoms with Gasteiger partial charge in [-0.1, -0.05) is 6.07 Å². The summed E-state index contributed by atoms with van der Waals surface area (Å²) in [5.74, 6) is -0.968. The molecular weight excluding hydrogens is 330 g/mol. The van der Waals surface area contributed by atoms with Crippen molar-refractivity contribution in [1.82, 2.24) is 10.9 Å². The molecule has 0 saturated heterocycles. The molecule has 1 aromatic heterocycles. The summed E-state index contributed by atoms with van der Waals surface area (Å²) in [7, 11) is 0. The number of non-ortho nitro benzene ring substituents is 1. The van der Waals surface area contributed by atoms with E-state index in [0.717, 1.165) is 37.3 Å². The number of hydrazine groups is 1. The lowest BCUT2D eigenvalue weighted by molar-refractivity contribution is -0.384. The lowest BCUT2D eigenvalue weighted by Crippen LogP contribution is -2.41. The van der Waals surface area contributed by atoms with E-state index in [4.69, 9.17) is 0 Å². The normalized spacial score (nSPS) is 13.0. The van der Waals surface area contributed by atoms with Crippen molar-refractivity contribution in [3.05, 3.63) is 61.3 Å². The minimum atomic E-state index is -0.601. The van der Waals surface area contributed by atoms with E-state index < -0.39 is 10.8 Å². The third kappa shape index (κ3) is 3.28. The van der Waals surface area contributed by atoms with Crippen LogP contribution in [0.1, 0.15) is 44.0 Å². The molecule has 7 nitrogen and oxygen atoms in total. The number of hydrogen-bond acceptors (Lipinski definition) is 5. The molecule has 0 aliphatic heterocycles. The molecule has 0 bridgehead atoms. The minimum absolute atomic E-state index is 0.108. The van der Waals surface area contributed by atoms with Crippen molar-refractivity contribution >= 4 is 28.8 Å². The van der Waals surface area contributed by atoms with Crippen LogP contribution in [0.15, 0.2) is 29.6 Å². The van der Waals surface area contributed by atoms with E-state index in [1.165, 1.54) is 23.1 Å². The van der Waals surface area contributed by atoms with Gasteiger partial charge in [0.1, 0.15) is 0 Å². The van der Waals surface area contributed by atoms with E-state index in [1.807, 2.05) is 5.38 Å². The SMILES string of the molecule is O=C(NNC(=O)c1csc2c1CCCC2)c1cccc([N+](=O)[O-])c1. The summed E-state index contributed by atoms with van der Waals surface area (Å²) in [6.07, 6.45) is 4.07. The molecule has 0 unspecified atom stereocenters. The number of aryl methyl sites for hydroxylation is 1. The van der Waals surface area contributed by atoms with Crippen LogP contribution in [-0.4, -0.2) is 16.7 Å². The molecule has 2 aromatic rings. The van der Waals surface area contributed by atoms with Crippen LogP contribution in [0, 0.1) is 10.1 Å². The molecule has 0 spiro atoms. The Bertz CT molecular complexity index is 815. The first-order valence-corrected chi connectivity index (χ1v) is 8.38. The van der Waals surface area contributed by atoms with E-state index in [9.17, 15) is 19.7 Å². The predicted molar refractivity (Wildman–Crippen MR) is 89.0 cm³/mol. The first-order valence-electron chi connectivity index (χ1n) is 7.50. The Hall–Kier alpha value is -2.74. The molecule has 0 fully saturated rings. The van der Waals surface area contributed by atoms with Crippen molar-refractivity contribution in [2.24, 2.45) is 0 Å². The van der Waals surface area contributed by atoms with Crippen LogP contribution in [0.4, 0.5) is 5.69 Å². The molecule has 0 saturated carbocycles. The Morgan fingerprint density at radius 2 is 1.88 bits per heavy atom. The smallest absolute Gasteiger partial charge is 0.267 e. The van der Waals surface area contributed by atoms with Crippen LogP contribution in [0.5, 0.6) is 0 Å². The van der Waals surface area contributed by atoms with Crippen molar-refractivity contribution in [3.63, 3.8) is 0 Å². The Balaban J connectivity index is 1.66. The van der Waals surface area contributed by atoms with Crippen molar-refractivity contribution < 1.29 is 14.5 Å². The largest absolute Gasteiger partial charge is 0.270 e. The van der Waals surface area contributed by atoms with E-state index in [0.29, 0.717) is 5.56 Å². The Labute approximate surface area is 141 Å². The average molecular weight is 345 g/mol. The standard InChI is InChI=1S/C16H15N3O4S/c20-15(10-4-3-5-11(8-10)19(22)23)17-18-16(21)13-9-24-14-7-2-1-6-12(13)14/h3-5,8-9H,1-2,6-7H2,(H,17,20)(H,18,21). The average Bonchev–Trinajstić information content (AvgIpc) is 3.03. The molecule has 1 heterocycles. The fourth-order valence-corrected chi connectivity index (χ4v) is 3.82. The molecule has 3 rings (SSSR count). The zero-order valence-corrected chi connectivity index (χ0v) is 13.5. The topological polar surface area (TPSA) is 101 Å². The van der Waals surface area contributed by atoms with Gasteiger partial charge >= 0.3 is 0 Å². The number of amides is 2. The first-order chi connectivity index (χ1) is 11.6. The van der Waals surface area contributed by atoms with Crippen LogP contribution >= 0.6 is 11.3 Å². The number of fused-ring (bicyclic) bond motifs is 1. The van der Waals surface area contributed by atoms with Crippen LogP contribution in [0.25, 0.3) is 0 Å². The molecule has 8 heteroatoms. The lowest BCUT2D eigenvalue weighted by Gasteiger charge is -2.13. The summed E-state index contributed by atoms with van der Waals surface area (Å²) in [5, 5.41) is 12.5. The quantitative estimate of drug-likeness (QED) is 0.659. The summed E-state index contributed by atoms with van der Waals surface area (Å²) >= 11 is 1.57. The van der Waals surface area contributed by atoms with Gasteiger partial charge in [0, 0.05) is 28.0 Å². The zero-order chi connectivity index (χ0) is 17.1. The Morgan fingerprint density at radius 3 is 2.67 bits per heavy atom. The van der Waals surface area contributed by atoms with Crippen molar-refractivity contribution in [1.29, 1.82) is 0 Å². The number of thiophene rings is 1. The number of carbonyl (C=O) groups excluding carboxylic acids is 2. The van der Waals surface area contributed by atoms with Gasteiger partial charge in [-0.2, -0.15) is 0 Å². The van der Waals surface area contributed by atoms with Gasteiger partial charge in [0.15, 0.2) is 0 Å². The lowest BCUT2D eigenvalue weighted by atomic mass is 9.96. The van der Waals surface area contributed by atoms with Crippen LogP contribution < -0.4 is 10.9 Å². The molecule has 2 N–H and O–H groups in total. The maximum absolute atomic E-state index is 12.3. The van der Waals surface area contributed by atoms with E-state index in [1.54, 1.807) is 11.3 Å². The molecule has 24 heavy (non-hydrogen) atoms. The zero-order valence-electron chi connectivity index (χ0n) is 12.7. The number of rotatable bonds is 3. The number of nitro benzene ring substituents is 1. The monoisotopic (exact) mass is 345 g/mol. The highest BCUT2D eigenvalue weighted by atomic mass is 32.1. The molecule has 124 valence electrons. The Morgan fingerprint density at radius 1 is 1.12 bits per heavy atom. The molecule has 1 aliphatic carbocycles. The molecule has 0 radical (unpaired) electrons. The molecule has 0 atom stereocenters. The second-order valence-corrected chi connectivity index (χ2v) is 6.44. The third-order valence-electron chi connectivity index (χ3n) is 3.91. The van der Waals surface area contributed by atoms with Crippen molar-refractivity contribution in [2.75, 3.05) is 0 Å². The second kappa shape index (κ2) is 6.79. The maximum Gasteiger partial charge on any atom is 0.270 e. The minimum Gasteiger partial charge on any atom is -0.267 e. The predicted octanol–water partition coefficient (Wildman–Crippen LogP) is 2.61. The van der Waals surface area contributed by atoms with Gasteiger partial charge in [0.2, 0.25) is 0 Å². The highest BCUT2D eigenvalue weighted by Crippen LogP contribution is 2.30.